The van der Waals surface area contributed by atoms with Gasteiger partial charge in [-0.05, 0) is 30.3 Å². The lowest BCUT2D eigenvalue weighted by atomic mass is 9.73. The predicted molar refractivity (Wildman–Crippen MR) is 59.0 cm³/mol. The zero-order chi connectivity index (χ0) is 10.8. The first-order valence-corrected chi connectivity index (χ1v) is 5.41. The Labute approximate surface area is 87.0 Å². The zero-order valence-electron chi connectivity index (χ0n) is 9.55. The fraction of sp³-hybridized carbons (Fsp3) is 0.750. The molecular weight excluding hydrogens is 174 g/mol. The van der Waals surface area contributed by atoms with E-state index >= 15 is 0 Å². The summed E-state index contributed by atoms with van der Waals surface area (Å²) in [5.41, 5.74) is 0.289. The van der Waals surface area contributed by atoms with Crippen LogP contribution in [0.15, 0.2) is 12.7 Å². The molecule has 1 atom stereocenters. The van der Waals surface area contributed by atoms with Gasteiger partial charge in [0.2, 0.25) is 5.91 Å². The second-order valence-electron chi connectivity index (χ2n) is 4.88. The number of nitrogens with zero attached hydrogens (tertiary/aromatic N) is 1. The molecule has 0 N–H and O–H groups in total. The lowest BCUT2D eigenvalue weighted by Gasteiger charge is -2.43. The fourth-order valence-corrected chi connectivity index (χ4v) is 2.06. The molecule has 0 aromatic heterocycles. The molecule has 1 rings (SSSR count). The number of amides is 1. The average molecular weight is 195 g/mol. The molecule has 2 nitrogen and oxygen atoms in total. The van der Waals surface area contributed by atoms with Crippen molar-refractivity contribution in [2.45, 2.75) is 33.6 Å². The Bertz CT molecular complexity index is 234. The van der Waals surface area contributed by atoms with Gasteiger partial charge in [-0.1, -0.05) is 27.4 Å². The Kier molecular flexibility index (Phi) is 3.35. The van der Waals surface area contributed by atoms with E-state index in [1.54, 1.807) is 0 Å². The monoisotopic (exact) mass is 195 g/mol. The Morgan fingerprint density at radius 1 is 1.57 bits per heavy atom. The predicted octanol–water partition coefficient (Wildman–Crippen LogP) is 2.46. The van der Waals surface area contributed by atoms with Gasteiger partial charge in [-0.15, -0.1) is 0 Å². The van der Waals surface area contributed by atoms with Crippen molar-refractivity contribution in [2.75, 3.05) is 13.1 Å². The normalized spacial score (nSPS) is 27.9. The summed E-state index contributed by atoms with van der Waals surface area (Å²) in [6.07, 6.45) is 3.77. The van der Waals surface area contributed by atoms with Crippen LogP contribution in [0.25, 0.3) is 0 Å². The number of rotatable bonds is 2. The van der Waals surface area contributed by atoms with Crippen LogP contribution in [0.4, 0.5) is 0 Å². The maximum atomic E-state index is 11.5. The van der Waals surface area contributed by atoms with Gasteiger partial charge in [0.1, 0.15) is 0 Å². The first-order chi connectivity index (χ1) is 6.49. The lowest BCUT2D eigenvalue weighted by Crippen LogP contribution is -2.46. The molecule has 0 radical (unpaired) electrons. The van der Waals surface area contributed by atoms with Gasteiger partial charge >= 0.3 is 0 Å². The quantitative estimate of drug-likeness (QED) is 0.620. The van der Waals surface area contributed by atoms with Crippen LogP contribution in [0.1, 0.15) is 33.6 Å². The van der Waals surface area contributed by atoms with Gasteiger partial charge in [0.15, 0.2) is 0 Å². The maximum absolute atomic E-state index is 11.5. The van der Waals surface area contributed by atoms with Gasteiger partial charge < -0.3 is 4.90 Å². The summed E-state index contributed by atoms with van der Waals surface area (Å²) in [7, 11) is 0. The molecule has 0 saturated carbocycles. The standard InChI is InChI=1S/C12H21NO/c1-5-11(14)13-8-6-7-12(4,9-13)10(2)3/h5,10H,1,6-9H2,2-4H3. The summed E-state index contributed by atoms with van der Waals surface area (Å²) in [6, 6.07) is 0. The minimum absolute atomic E-state index is 0.0802. The molecule has 14 heavy (non-hydrogen) atoms. The van der Waals surface area contributed by atoms with E-state index in [1.165, 1.54) is 12.5 Å². The Balaban J connectivity index is 2.68. The summed E-state index contributed by atoms with van der Waals surface area (Å²) in [4.78, 5) is 13.4. The number of carbonyl (C=O) groups is 1. The van der Waals surface area contributed by atoms with Crippen LogP contribution in [-0.2, 0) is 4.79 Å². The highest BCUT2D eigenvalue weighted by molar-refractivity contribution is 5.87. The van der Waals surface area contributed by atoms with E-state index in [9.17, 15) is 4.79 Å². The van der Waals surface area contributed by atoms with Gasteiger partial charge in [-0.25, -0.2) is 0 Å². The number of hydrogen-bond donors (Lipinski definition) is 0. The second kappa shape index (κ2) is 4.16. The zero-order valence-corrected chi connectivity index (χ0v) is 9.55. The van der Waals surface area contributed by atoms with Crippen LogP contribution < -0.4 is 0 Å². The average Bonchev–Trinajstić information content (AvgIpc) is 2.16. The molecule has 1 heterocycles. The molecule has 0 spiro atoms. The SMILES string of the molecule is C=CC(=O)N1CCCC(C)(C(C)C)C1. The number of likely N-dealkylation sites (tertiary alicyclic amines) is 1. The van der Waals surface area contributed by atoms with Crippen LogP contribution >= 0.6 is 0 Å². The minimum atomic E-state index is 0.0802. The van der Waals surface area contributed by atoms with Crippen LogP contribution in [0.3, 0.4) is 0 Å². The Morgan fingerprint density at radius 3 is 2.71 bits per heavy atom. The summed E-state index contributed by atoms with van der Waals surface area (Å²) in [5, 5.41) is 0. The third-order valence-corrected chi connectivity index (χ3v) is 3.61. The van der Waals surface area contributed by atoms with Crippen molar-refractivity contribution in [1.29, 1.82) is 0 Å². The molecule has 2 heteroatoms. The topological polar surface area (TPSA) is 20.3 Å². The van der Waals surface area contributed by atoms with Gasteiger partial charge in [-0.2, -0.15) is 0 Å². The third kappa shape index (κ3) is 2.17. The molecule has 1 aliphatic heterocycles. The van der Waals surface area contributed by atoms with Crippen LogP contribution in [0, 0.1) is 11.3 Å². The summed E-state index contributed by atoms with van der Waals surface area (Å²) in [6.45, 7) is 12.1. The van der Waals surface area contributed by atoms with Crippen LogP contribution in [0.5, 0.6) is 0 Å². The molecule has 0 aliphatic carbocycles. The number of hydrogen-bond acceptors (Lipinski definition) is 1. The van der Waals surface area contributed by atoms with Crippen molar-refractivity contribution >= 4 is 5.91 Å². The highest BCUT2D eigenvalue weighted by atomic mass is 16.2. The van der Waals surface area contributed by atoms with E-state index < -0.39 is 0 Å². The molecule has 1 fully saturated rings. The Hall–Kier alpha value is -0.790. The van der Waals surface area contributed by atoms with Crippen LogP contribution in [0.2, 0.25) is 0 Å². The highest BCUT2D eigenvalue weighted by Gasteiger charge is 2.34. The van der Waals surface area contributed by atoms with Crippen molar-refractivity contribution in [3.05, 3.63) is 12.7 Å². The van der Waals surface area contributed by atoms with Crippen molar-refractivity contribution in [2.24, 2.45) is 11.3 Å². The second-order valence-corrected chi connectivity index (χ2v) is 4.88. The van der Waals surface area contributed by atoms with Crippen molar-refractivity contribution < 1.29 is 4.79 Å². The Morgan fingerprint density at radius 2 is 2.21 bits per heavy atom. The van der Waals surface area contributed by atoms with Crippen molar-refractivity contribution in [3.8, 4) is 0 Å². The van der Waals surface area contributed by atoms with E-state index in [0.29, 0.717) is 5.92 Å². The molecule has 1 amide bonds. The van der Waals surface area contributed by atoms with Crippen molar-refractivity contribution in [3.63, 3.8) is 0 Å². The van der Waals surface area contributed by atoms with E-state index in [2.05, 4.69) is 27.4 Å². The van der Waals surface area contributed by atoms with E-state index in [0.717, 1.165) is 19.5 Å². The smallest absolute Gasteiger partial charge is 0.245 e. The highest BCUT2D eigenvalue weighted by Crippen LogP contribution is 2.36. The maximum Gasteiger partial charge on any atom is 0.245 e. The first kappa shape index (κ1) is 11.3. The fourth-order valence-electron chi connectivity index (χ4n) is 2.06. The molecular formula is C12H21NO. The van der Waals surface area contributed by atoms with Crippen LogP contribution in [-0.4, -0.2) is 23.9 Å². The van der Waals surface area contributed by atoms with E-state index in [-0.39, 0.29) is 11.3 Å². The molecule has 1 aliphatic rings. The number of piperidine rings is 1. The summed E-state index contributed by atoms with van der Waals surface area (Å²) >= 11 is 0. The molecule has 0 bridgehead atoms. The number of carbonyl (C=O) groups excluding carboxylic acids is 1. The van der Waals surface area contributed by atoms with E-state index in [4.69, 9.17) is 0 Å². The first-order valence-electron chi connectivity index (χ1n) is 5.41. The van der Waals surface area contributed by atoms with E-state index in [1.807, 2.05) is 4.90 Å². The molecule has 1 saturated heterocycles. The minimum Gasteiger partial charge on any atom is -0.339 e. The molecule has 1 unspecified atom stereocenters. The van der Waals surface area contributed by atoms with Crippen molar-refractivity contribution in [1.82, 2.24) is 4.90 Å². The van der Waals surface area contributed by atoms with Gasteiger partial charge in [0.05, 0.1) is 0 Å². The van der Waals surface area contributed by atoms with Gasteiger partial charge in [-0.3, -0.25) is 4.79 Å². The molecule has 0 aromatic carbocycles. The largest absolute Gasteiger partial charge is 0.339 e. The third-order valence-electron chi connectivity index (χ3n) is 3.61. The summed E-state index contributed by atoms with van der Waals surface area (Å²) < 4.78 is 0. The molecule has 80 valence electrons. The summed E-state index contributed by atoms with van der Waals surface area (Å²) in [5.74, 6) is 0.708. The molecule has 0 aromatic rings. The lowest BCUT2D eigenvalue weighted by molar-refractivity contribution is -0.129. The van der Waals surface area contributed by atoms with Gasteiger partial charge in [0, 0.05) is 13.1 Å². The van der Waals surface area contributed by atoms with Gasteiger partial charge in [0.25, 0.3) is 0 Å².